The predicted molar refractivity (Wildman–Crippen MR) is 95.6 cm³/mol. The second-order valence-electron chi connectivity index (χ2n) is 6.17. The van der Waals surface area contributed by atoms with E-state index in [2.05, 4.69) is 0 Å². The van der Waals surface area contributed by atoms with E-state index in [0.29, 0.717) is 36.4 Å². The number of carboxylic acids is 2. The Balaban J connectivity index is 3.05. The lowest BCUT2D eigenvalue weighted by Gasteiger charge is -2.38. The molecule has 2 aromatic rings. The van der Waals surface area contributed by atoms with E-state index in [1.165, 1.54) is 0 Å². The SMILES string of the molecule is C#Cc1cc(C(c2ccc(C(=O)O)c(C#C)c2)(C(F)(F)F)C(F)(F)F)ccc1C(=O)O. The molecule has 10 heteroatoms. The van der Waals surface area contributed by atoms with Gasteiger partial charge in [0, 0.05) is 11.1 Å². The van der Waals surface area contributed by atoms with E-state index >= 15 is 0 Å². The van der Waals surface area contributed by atoms with Crippen molar-refractivity contribution in [3.05, 3.63) is 69.8 Å². The molecule has 0 heterocycles. The molecule has 31 heavy (non-hydrogen) atoms. The number of alkyl halides is 6. The molecule has 0 aliphatic carbocycles. The molecule has 0 radical (unpaired) electrons. The highest BCUT2D eigenvalue weighted by Gasteiger charge is 2.72. The van der Waals surface area contributed by atoms with Gasteiger partial charge in [-0.3, -0.25) is 0 Å². The van der Waals surface area contributed by atoms with Gasteiger partial charge in [-0.2, -0.15) is 26.3 Å². The van der Waals surface area contributed by atoms with Crippen LogP contribution < -0.4 is 0 Å². The van der Waals surface area contributed by atoms with Crippen molar-refractivity contribution in [1.82, 2.24) is 0 Å². The van der Waals surface area contributed by atoms with E-state index < -0.39 is 63.1 Å². The number of carboxylic acid groups (broad SMARTS) is 2. The molecule has 2 N–H and O–H groups in total. The zero-order chi connectivity index (χ0) is 23.8. The molecule has 160 valence electrons. The molecule has 0 fully saturated rings. The van der Waals surface area contributed by atoms with Crippen molar-refractivity contribution in [3.63, 3.8) is 0 Å². The average molecular weight is 440 g/mol. The zero-order valence-corrected chi connectivity index (χ0v) is 15.1. The highest BCUT2D eigenvalue weighted by molar-refractivity contribution is 5.91. The quantitative estimate of drug-likeness (QED) is 0.544. The van der Waals surface area contributed by atoms with Gasteiger partial charge in [0.25, 0.3) is 0 Å². The molecular formula is C21H10F6O4. The first-order valence-corrected chi connectivity index (χ1v) is 8.04. The third-order valence-electron chi connectivity index (χ3n) is 4.53. The van der Waals surface area contributed by atoms with Crippen LogP contribution in [0.2, 0.25) is 0 Å². The van der Waals surface area contributed by atoms with Gasteiger partial charge >= 0.3 is 24.3 Å². The van der Waals surface area contributed by atoms with Crippen LogP contribution in [0.5, 0.6) is 0 Å². The molecule has 0 saturated heterocycles. The summed E-state index contributed by atoms with van der Waals surface area (Å²) in [5.74, 6) is 0.232. The fourth-order valence-corrected chi connectivity index (χ4v) is 3.15. The zero-order valence-electron chi connectivity index (χ0n) is 15.1. The molecular weight excluding hydrogens is 430 g/mol. The number of halogens is 6. The Bertz CT molecular complexity index is 1050. The van der Waals surface area contributed by atoms with Crippen LogP contribution in [0.15, 0.2) is 36.4 Å². The summed E-state index contributed by atoms with van der Waals surface area (Å²) in [6.45, 7) is 0. The van der Waals surface area contributed by atoms with Crippen molar-refractivity contribution in [3.8, 4) is 24.7 Å². The monoisotopic (exact) mass is 440 g/mol. The molecule has 0 atom stereocenters. The maximum Gasteiger partial charge on any atom is 0.411 e. The fourth-order valence-electron chi connectivity index (χ4n) is 3.15. The largest absolute Gasteiger partial charge is 0.478 e. The Morgan fingerprint density at radius 2 is 1.03 bits per heavy atom. The second-order valence-corrected chi connectivity index (χ2v) is 6.17. The average Bonchev–Trinajstić information content (AvgIpc) is 2.65. The maximum absolute atomic E-state index is 14.2. The third-order valence-corrected chi connectivity index (χ3v) is 4.53. The number of hydrogen-bond acceptors (Lipinski definition) is 2. The normalized spacial score (nSPS) is 12.0. The molecule has 0 aromatic heterocycles. The Kier molecular flexibility index (Phi) is 5.82. The van der Waals surface area contributed by atoms with Crippen molar-refractivity contribution in [2.75, 3.05) is 0 Å². The van der Waals surface area contributed by atoms with Crippen LogP contribution in [0.1, 0.15) is 43.0 Å². The minimum absolute atomic E-state index is 0.311. The second kappa shape index (κ2) is 7.73. The van der Waals surface area contributed by atoms with Crippen LogP contribution in [-0.4, -0.2) is 34.5 Å². The van der Waals surface area contributed by atoms with Crippen molar-refractivity contribution in [2.24, 2.45) is 0 Å². The minimum Gasteiger partial charge on any atom is -0.478 e. The fraction of sp³-hybridized carbons (Fsp3) is 0.143. The summed E-state index contributed by atoms with van der Waals surface area (Å²) in [5.41, 5.74) is -10.2. The van der Waals surface area contributed by atoms with Gasteiger partial charge in [0.15, 0.2) is 0 Å². The molecule has 0 aliphatic rings. The van der Waals surface area contributed by atoms with Gasteiger partial charge in [-0.15, -0.1) is 12.8 Å². The Hall–Kier alpha value is -3.92. The summed E-state index contributed by atoms with van der Waals surface area (Å²) in [7, 11) is 0. The Morgan fingerprint density at radius 3 is 1.26 bits per heavy atom. The highest BCUT2D eigenvalue weighted by atomic mass is 19.4. The van der Waals surface area contributed by atoms with E-state index in [-0.39, 0.29) is 0 Å². The first kappa shape index (κ1) is 23.4. The Labute approximate surface area is 171 Å². The molecule has 2 rings (SSSR count). The molecule has 2 aromatic carbocycles. The van der Waals surface area contributed by atoms with Crippen molar-refractivity contribution in [2.45, 2.75) is 17.8 Å². The van der Waals surface area contributed by atoms with E-state index in [1.54, 1.807) is 11.8 Å². The molecule has 0 amide bonds. The summed E-state index contributed by atoms with van der Waals surface area (Å²) >= 11 is 0. The lowest BCUT2D eigenvalue weighted by atomic mass is 9.71. The summed E-state index contributed by atoms with van der Waals surface area (Å²) < 4.78 is 85.1. The standard InChI is InChI=1S/C21H10F6O4/c1-3-11-9-13(5-7-15(11)17(28)29)19(20(22,23)24,21(25,26)27)14-6-8-16(18(30)31)12(4-2)10-14/h1-2,5-10H,(H,28,29)(H,30,31). The molecule has 4 nitrogen and oxygen atoms in total. The van der Waals surface area contributed by atoms with Crippen LogP contribution in [0.25, 0.3) is 0 Å². The number of terminal acetylenes is 2. The Morgan fingerprint density at radius 1 is 0.710 bits per heavy atom. The van der Waals surface area contributed by atoms with Crippen LogP contribution in [0, 0.1) is 24.7 Å². The molecule has 0 spiro atoms. The maximum atomic E-state index is 14.2. The summed E-state index contributed by atoms with van der Waals surface area (Å²) in [4.78, 5) is 22.3. The first-order chi connectivity index (χ1) is 14.2. The van der Waals surface area contributed by atoms with Crippen LogP contribution in [0.4, 0.5) is 26.3 Å². The molecule has 0 unspecified atom stereocenters. The molecule has 0 saturated carbocycles. The summed E-state index contributed by atoms with van der Waals surface area (Å²) in [6.07, 6.45) is -1.83. The number of hydrogen-bond donors (Lipinski definition) is 2. The summed E-state index contributed by atoms with van der Waals surface area (Å²) in [6, 6.07) is 2.40. The van der Waals surface area contributed by atoms with Crippen LogP contribution in [0.3, 0.4) is 0 Å². The first-order valence-electron chi connectivity index (χ1n) is 8.04. The number of benzene rings is 2. The van der Waals surface area contributed by atoms with Gasteiger partial charge in [0.05, 0.1) is 11.1 Å². The van der Waals surface area contributed by atoms with Gasteiger partial charge < -0.3 is 10.2 Å². The van der Waals surface area contributed by atoms with Gasteiger partial charge in [0.2, 0.25) is 5.41 Å². The van der Waals surface area contributed by atoms with Gasteiger partial charge in [-0.1, -0.05) is 24.0 Å². The molecule has 0 bridgehead atoms. The van der Waals surface area contributed by atoms with Crippen LogP contribution >= 0.6 is 0 Å². The van der Waals surface area contributed by atoms with E-state index in [4.69, 9.17) is 23.1 Å². The van der Waals surface area contributed by atoms with E-state index in [1.807, 2.05) is 0 Å². The minimum atomic E-state index is -6.00. The van der Waals surface area contributed by atoms with Crippen LogP contribution in [-0.2, 0) is 5.41 Å². The topological polar surface area (TPSA) is 74.6 Å². The summed E-state index contributed by atoms with van der Waals surface area (Å²) in [5, 5.41) is 18.1. The smallest absolute Gasteiger partial charge is 0.411 e. The van der Waals surface area contributed by atoms with Crippen molar-refractivity contribution < 1.29 is 46.1 Å². The number of carbonyl (C=O) groups is 2. The van der Waals surface area contributed by atoms with Gasteiger partial charge in [-0.05, 0) is 35.4 Å². The van der Waals surface area contributed by atoms with Gasteiger partial charge in [-0.25, -0.2) is 9.59 Å². The van der Waals surface area contributed by atoms with E-state index in [0.717, 1.165) is 0 Å². The highest BCUT2D eigenvalue weighted by Crippen LogP contribution is 2.56. The van der Waals surface area contributed by atoms with Crippen molar-refractivity contribution in [1.29, 1.82) is 0 Å². The lowest BCUT2D eigenvalue weighted by Crippen LogP contribution is -2.55. The van der Waals surface area contributed by atoms with Crippen molar-refractivity contribution >= 4 is 11.9 Å². The number of rotatable bonds is 4. The van der Waals surface area contributed by atoms with Gasteiger partial charge in [0.1, 0.15) is 0 Å². The predicted octanol–water partition coefficient (Wildman–Crippen LogP) is 4.46. The molecule has 0 aliphatic heterocycles. The lowest BCUT2D eigenvalue weighted by molar-refractivity contribution is -0.288. The van der Waals surface area contributed by atoms with E-state index in [9.17, 15) is 35.9 Å². The number of aromatic carboxylic acids is 2. The third kappa shape index (κ3) is 3.68.